The van der Waals surface area contributed by atoms with E-state index in [4.69, 9.17) is 9.15 Å². The van der Waals surface area contributed by atoms with Crippen molar-refractivity contribution >= 4 is 16.9 Å². The van der Waals surface area contributed by atoms with Crippen molar-refractivity contribution in [2.24, 2.45) is 23.2 Å². The Hall–Kier alpha value is -2.01. The fourth-order valence-electron chi connectivity index (χ4n) is 6.39. The Morgan fingerprint density at radius 3 is 2.54 bits per heavy atom. The molecule has 0 atom stereocenters. The number of benzene rings is 1. The van der Waals surface area contributed by atoms with Gasteiger partial charge in [0.15, 0.2) is 11.3 Å². The van der Waals surface area contributed by atoms with Crippen LogP contribution in [0.2, 0.25) is 0 Å². The second-order valence-electron chi connectivity index (χ2n) is 9.22. The standard InChI is InChI=1S/C23H30N2O3/c1-27-20-4-2-3-18-10-19(28-21(18)20)14-24-5-6-25-22(26)23-11-15-7-16(12-23)9-17(8-15)13-23/h2-4,10,15-17,24H,5-9,11-14H2,1H3,(H,25,26). The van der Waals surface area contributed by atoms with E-state index in [-0.39, 0.29) is 5.41 Å². The number of hydrogen-bond acceptors (Lipinski definition) is 4. The average molecular weight is 383 g/mol. The van der Waals surface area contributed by atoms with Crippen molar-refractivity contribution in [3.05, 3.63) is 30.0 Å². The van der Waals surface area contributed by atoms with Crippen molar-refractivity contribution in [3.63, 3.8) is 0 Å². The zero-order valence-electron chi connectivity index (χ0n) is 16.6. The first-order chi connectivity index (χ1) is 13.6. The molecule has 1 heterocycles. The summed E-state index contributed by atoms with van der Waals surface area (Å²) in [7, 11) is 1.65. The van der Waals surface area contributed by atoms with E-state index in [2.05, 4.69) is 10.6 Å². The van der Waals surface area contributed by atoms with Gasteiger partial charge in [-0.05, 0) is 68.4 Å². The molecule has 0 spiro atoms. The Morgan fingerprint density at radius 2 is 1.86 bits per heavy atom. The van der Waals surface area contributed by atoms with Crippen LogP contribution in [0.15, 0.2) is 28.7 Å². The number of carbonyl (C=O) groups is 1. The van der Waals surface area contributed by atoms with Crippen molar-refractivity contribution in [2.45, 2.75) is 45.1 Å². The maximum absolute atomic E-state index is 12.9. The van der Waals surface area contributed by atoms with Crippen molar-refractivity contribution in [1.82, 2.24) is 10.6 Å². The number of furan rings is 1. The van der Waals surface area contributed by atoms with Gasteiger partial charge in [-0.15, -0.1) is 0 Å². The molecule has 4 aliphatic carbocycles. The van der Waals surface area contributed by atoms with Gasteiger partial charge in [-0.2, -0.15) is 0 Å². The molecule has 0 radical (unpaired) electrons. The van der Waals surface area contributed by atoms with E-state index in [1.165, 1.54) is 19.3 Å². The molecule has 150 valence electrons. The number of rotatable bonds is 7. The molecule has 4 saturated carbocycles. The fourth-order valence-corrected chi connectivity index (χ4v) is 6.39. The zero-order valence-corrected chi connectivity index (χ0v) is 16.6. The monoisotopic (exact) mass is 382 g/mol. The summed E-state index contributed by atoms with van der Waals surface area (Å²) in [5, 5.41) is 7.65. The Kier molecular flexibility index (Phi) is 4.58. The number of carbonyl (C=O) groups excluding carboxylic acids is 1. The van der Waals surface area contributed by atoms with Gasteiger partial charge >= 0.3 is 0 Å². The molecule has 0 saturated heterocycles. The van der Waals surface area contributed by atoms with Crippen LogP contribution in [-0.4, -0.2) is 26.1 Å². The lowest BCUT2D eigenvalue weighted by Gasteiger charge is -2.55. The van der Waals surface area contributed by atoms with Gasteiger partial charge in [0.2, 0.25) is 5.91 Å². The van der Waals surface area contributed by atoms with Gasteiger partial charge < -0.3 is 19.8 Å². The van der Waals surface area contributed by atoms with E-state index in [0.29, 0.717) is 19.0 Å². The summed E-state index contributed by atoms with van der Waals surface area (Å²) >= 11 is 0. The van der Waals surface area contributed by atoms with Crippen LogP contribution in [0.1, 0.15) is 44.3 Å². The highest BCUT2D eigenvalue weighted by molar-refractivity contribution is 5.84. The first-order valence-electron chi connectivity index (χ1n) is 10.7. The summed E-state index contributed by atoms with van der Waals surface area (Å²) < 4.78 is 11.3. The Labute approximate surface area is 166 Å². The molecule has 1 amide bonds. The van der Waals surface area contributed by atoms with Crippen LogP contribution >= 0.6 is 0 Å². The van der Waals surface area contributed by atoms with Crippen LogP contribution in [-0.2, 0) is 11.3 Å². The first-order valence-corrected chi connectivity index (χ1v) is 10.7. The number of nitrogens with one attached hydrogen (secondary N) is 2. The molecule has 4 fully saturated rings. The van der Waals surface area contributed by atoms with Gasteiger partial charge in [0.1, 0.15) is 5.76 Å². The first kappa shape index (κ1) is 18.0. The van der Waals surface area contributed by atoms with Gasteiger partial charge in [0, 0.05) is 23.9 Å². The molecule has 2 N–H and O–H groups in total. The summed E-state index contributed by atoms with van der Waals surface area (Å²) in [6, 6.07) is 7.94. The predicted molar refractivity (Wildman–Crippen MR) is 108 cm³/mol. The Morgan fingerprint density at radius 1 is 1.14 bits per heavy atom. The lowest BCUT2D eigenvalue weighted by molar-refractivity contribution is -0.146. The van der Waals surface area contributed by atoms with Crippen molar-refractivity contribution < 1.29 is 13.9 Å². The number of amides is 1. The van der Waals surface area contributed by atoms with Crippen molar-refractivity contribution in [3.8, 4) is 5.75 Å². The van der Waals surface area contributed by atoms with Crippen LogP contribution in [0.3, 0.4) is 0 Å². The number of methoxy groups -OCH3 is 1. The smallest absolute Gasteiger partial charge is 0.226 e. The molecule has 0 aliphatic heterocycles. The largest absolute Gasteiger partial charge is 0.493 e. The lowest BCUT2D eigenvalue weighted by atomic mass is 9.49. The number of ether oxygens (including phenoxy) is 1. The zero-order chi connectivity index (χ0) is 19.1. The van der Waals surface area contributed by atoms with Crippen LogP contribution in [0.5, 0.6) is 5.75 Å². The van der Waals surface area contributed by atoms with E-state index in [0.717, 1.165) is 66.0 Å². The average Bonchev–Trinajstić information content (AvgIpc) is 3.09. The number of fused-ring (bicyclic) bond motifs is 1. The minimum Gasteiger partial charge on any atom is -0.493 e. The Bertz CT molecular complexity index is 837. The molecular weight excluding hydrogens is 352 g/mol. The summed E-state index contributed by atoms with van der Waals surface area (Å²) in [6.07, 6.45) is 7.49. The highest BCUT2D eigenvalue weighted by Crippen LogP contribution is 2.60. The second kappa shape index (κ2) is 7.11. The molecule has 5 nitrogen and oxygen atoms in total. The van der Waals surface area contributed by atoms with E-state index in [1.807, 2.05) is 24.3 Å². The Balaban J connectivity index is 1.11. The summed E-state index contributed by atoms with van der Waals surface area (Å²) in [6.45, 7) is 2.06. The SMILES string of the molecule is COc1cccc2cc(CNCCNC(=O)C34CC5CC(CC(C5)C3)C4)oc12. The summed E-state index contributed by atoms with van der Waals surface area (Å²) in [4.78, 5) is 12.9. The van der Waals surface area contributed by atoms with E-state index in [1.54, 1.807) is 7.11 Å². The third kappa shape index (κ3) is 3.20. The minimum atomic E-state index is -0.0515. The topological polar surface area (TPSA) is 63.5 Å². The molecule has 28 heavy (non-hydrogen) atoms. The van der Waals surface area contributed by atoms with Crippen LogP contribution in [0.4, 0.5) is 0 Å². The number of hydrogen-bond donors (Lipinski definition) is 2. The van der Waals surface area contributed by atoms with Crippen molar-refractivity contribution in [1.29, 1.82) is 0 Å². The van der Waals surface area contributed by atoms with E-state index >= 15 is 0 Å². The molecule has 5 heteroatoms. The van der Waals surface area contributed by atoms with Gasteiger partial charge in [0.05, 0.1) is 13.7 Å². The fraction of sp³-hybridized carbons (Fsp3) is 0.609. The van der Waals surface area contributed by atoms with Gasteiger partial charge in [-0.3, -0.25) is 4.79 Å². The van der Waals surface area contributed by atoms with Crippen LogP contribution in [0, 0.1) is 23.2 Å². The van der Waals surface area contributed by atoms with Gasteiger partial charge in [-0.1, -0.05) is 12.1 Å². The molecule has 4 aliphatic rings. The predicted octanol–water partition coefficient (Wildman–Crippen LogP) is 3.86. The quantitative estimate of drug-likeness (QED) is 0.714. The molecule has 0 unspecified atom stereocenters. The molecule has 2 aromatic rings. The highest BCUT2D eigenvalue weighted by atomic mass is 16.5. The third-order valence-corrected chi connectivity index (χ3v) is 7.19. The lowest BCUT2D eigenvalue weighted by Crippen LogP contribution is -2.54. The van der Waals surface area contributed by atoms with Crippen molar-refractivity contribution in [2.75, 3.05) is 20.2 Å². The molecule has 4 bridgehead atoms. The van der Waals surface area contributed by atoms with Crippen LogP contribution in [0.25, 0.3) is 11.0 Å². The number of para-hydroxylation sites is 1. The minimum absolute atomic E-state index is 0.0515. The maximum atomic E-state index is 12.9. The van der Waals surface area contributed by atoms with Gasteiger partial charge in [-0.25, -0.2) is 0 Å². The molecule has 6 rings (SSSR count). The third-order valence-electron chi connectivity index (χ3n) is 7.19. The normalized spacial score (nSPS) is 30.7. The molecular formula is C23H30N2O3. The summed E-state index contributed by atoms with van der Waals surface area (Å²) in [5.74, 6) is 4.36. The van der Waals surface area contributed by atoms with E-state index in [9.17, 15) is 4.79 Å². The van der Waals surface area contributed by atoms with E-state index < -0.39 is 0 Å². The van der Waals surface area contributed by atoms with Crippen LogP contribution < -0.4 is 15.4 Å². The summed E-state index contributed by atoms with van der Waals surface area (Å²) in [5.41, 5.74) is 0.737. The second-order valence-corrected chi connectivity index (χ2v) is 9.22. The molecule has 1 aromatic carbocycles. The maximum Gasteiger partial charge on any atom is 0.226 e. The molecule has 1 aromatic heterocycles. The van der Waals surface area contributed by atoms with Gasteiger partial charge in [0.25, 0.3) is 0 Å². The highest BCUT2D eigenvalue weighted by Gasteiger charge is 2.54.